The van der Waals surface area contributed by atoms with E-state index in [-0.39, 0.29) is 10.8 Å². The average molecular weight is 306 g/mol. The summed E-state index contributed by atoms with van der Waals surface area (Å²) in [7, 11) is 0. The lowest BCUT2D eigenvalue weighted by Gasteiger charge is -2.10. The Morgan fingerprint density at radius 2 is 1.86 bits per heavy atom. The average Bonchev–Trinajstić information content (AvgIpc) is 2.10. The molecular weight excluding hydrogens is 301 g/mol. The second-order valence-electron chi connectivity index (χ2n) is 2.39. The number of hydrogen-bond donors (Lipinski definition) is 0. The fourth-order valence-electron chi connectivity index (χ4n) is 0.880. The van der Waals surface area contributed by atoms with E-state index in [0.29, 0.717) is 15.9 Å². The third-order valence-corrected chi connectivity index (χ3v) is 2.79. The highest BCUT2D eigenvalue weighted by atomic mass is 79.9. The molecule has 0 atom stereocenters. The molecule has 1 rings (SSSR count). The minimum atomic E-state index is -2.87. The minimum absolute atomic E-state index is 0.0336. The summed E-state index contributed by atoms with van der Waals surface area (Å²) in [6.45, 7) is -2.87. The van der Waals surface area contributed by atoms with Gasteiger partial charge in [0.15, 0.2) is 0 Å². The molecule has 0 aromatic heterocycles. The first kappa shape index (κ1) is 12.0. The number of hydrogen-bond acceptors (Lipinski definition) is 1. The molecule has 0 aliphatic carbocycles. The minimum Gasteiger partial charge on any atom is -0.434 e. The maximum absolute atomic E-state index is 12.0. The Morgan fingerprint density at radius 1 is 1.29 bits per heavy atom. The summed E-state index contributed by atoms with van der Waals surface area (Å²) >= 11 is 14.5. The van der Waals surface area contributed by atoms with Crippen LogP contribution < -0.4 is 4.74 Å². The summed E-state index contributed by atoms with van der Waals surface area (Å²) in [5.74, 6) is 0.0336. The number of alkyl halides is 3. The van der Waals surface area contributed by atoms with E-state index in [0.717, 1.165) is 0 Å². The molecule has 0 saturated carbocycles. The maximum atomic E-state index is 12.0. The molecule has 0 N–H and O–H groups in total. The van der Waals surface area contributed by atoms with Crippen molar-refractivity contribution >= 4 is 39.1 Å². The molecule has 1 aromatic rings. The van der Waals surface area contributed by atoms with Crippen LogP contribution in [0.4, 0.5) is 8.78 Å². The van der Waals surface area contributed by atoms with Gasteiger partial charge in [-0.2, -0.15) is 8.78 Å². The molecule has 0 spiro atoms. The first-order chi connectivity index (χ1) is 6.54. The van der Waals surface area contributed by atoms with Gasteiger partial charge in [-0.15, -0.1) is 0 Å². The molecule has 0 unspecified atom stereocenters. The van der Waals surface area contributed by atoms with Crippen molar-refractivity contribution in [1.82, 2.24) is 0 Å². The quantitative estimate of drug-likeness (QED) is 0.748. The highest BCUT2D eigenvalue weighted by molar-refractivity contribution is 9.08. The summed E-state index contributed by atoms with van der Waals surface area (Å²) in [4.78, 5) is 0. The van der Waals surface area contributed by atoms with Crippen LogP contribution in [0, 0.1) is 0 Å². The Labute approximate surface area is 98.1 Å². The van der Waals surface area contributed by atoms with Crippen LogP contribution in [0.25, 0.3) is 0 Å². The SMILES string of the molecule is FC(F)Oc1cc(Cl)c(Cl)cc1CBr. The number of ether oxygens (including phenoxy) is 1. The van der Waals surface area contributed by atoms with Crippen molar-refractivity contribution in [2.24, 2.45) is 0 Å². The largest absolute Gasteiger partial charge is 0.434 e. The molecule has 78 valence electrons. The number of benzene rings is 1. The van der Waals surface area contributed by atoms with E-state index in [2.05, 4.69) is 20.7 Å². The molecule has 0 heterocycles. The van der Waals surface area contributed by atoms with Gasteiger partial charge >= 0.3 is 6.61 Å². The zero-order valence-electron chi connectivity index (χ0n) is 6.74. The first-order valence-electron chi connectivity index (χ1n) is 3.53. The molecule has 0 amide bonds. The summed E-state index contributed by atoms with van der Waals surface area (Å²) in [5.41, 5.74) is 0.528. The molecule has 1 nitrogen and oxygen atoms in total. The molecule has 0 aliphatic heterocycles. The van der Waals surface area contributed by atoms with Crippen LogP contribution >= 0.6 is 39.1 Å². The predicted molar refractivity (Wildman–Crippen MR) is 55.7 cm³/mol. The van der Waals surface area contributed by atoms with Gasteiger partial charge in [-0.1, -0.05) is 39.1 Å². The molecule has 1 aromatic carbocycles. The molecule has 6 heteroatoms. The van der Waals surface area contributed by atoms with Crippen molar-refractivity contribution < 1.29 is 13.5 Å². The number of halogens is 5. The van der Waals surface area contributed by atoms with Gasteiger partial charge in [0.1, 0.15) is 5.75 Å². The van der Waals surface area contributed by atoms with Crippen molar-refractivity contribution in [1.29, 1.82) is 0 Å². The Balaban J connectivity index is 3.07. The van der Waals surface area contributed by atoms with Gasteiger partial charge in [-0.3, -0.25) is 0 Å². The fraction of sp³-hybridized carbons (Fsp3) is 0.250. The van der Waals surface area contributed by atoms with E-state index >= 15 is 0 Å². The summed E-state index contributed by atoms with van der Waals surface area (Å²) in [6.07, 6.45) is 0. The van der Waals surface area contributed by atoms with E-state index < -0.39 is 6.61 Å². The van der Waals surface area contributed by atoms with E-state index in [4.69, 9.17) is 23.2 Å². The second-order valence-corrected chi connectivity index (χ2v) is 3.76. The van der Waals surface area contributed by atoms with Crippen molar-refractivity contribution in [2.45, 2.75) is 11.9 Å². The maximum Gasteiger partial charge on any atom is 0.387 e. The van der Waals surface area contributed by atoms with Crippen molar-refractivity contribution in [3.8, 4) is 5.75 Å². The lowest BCUT2D eigenvalue weighted by Crippen LogP contribution is -2.04. The first-order valence-corrected chi connectivity index (χ1v) is 5.41. The van der Waals surface area contributed by atoms with Crippen LogP contribution in [-0.4, -0.2) is 6.61 Å². The lowest BCUT2D eigenvalue weighted by atomic mass is 10.2. The highest BCUT2D eigenvalue weighted by Gasteiger charge is 2.11. The smallest absolute Gasteiger partial charge is 0.387 e. The van der Waals surface area contributed by atoms with Crippen LogP contribution in [0.1, 0.15) is 5.56 Å². The Hall–Kier alpha value is -0.0600. The van der Waals surface area contributed by atoms with Gasteiger partial charge in [0.25, 0.3) is 0 Å². The number of rotatable bonds is 3. The van der Waals surface area contributed by atoms with Crippen LogP contribution in [0.2, 0.25) is 10.0 Å². The standard InChI is InChI=1S/C8H5BrCl2F2O/c9-3-4-1-5(10)6(11)2-7(4)14-8(12)13/h1-2,8H,3H2. The van der Waals surface area contributed by atoms with Crippen molar-refractivity contribution in [2.75, 3.05) is 0 Å². The van der Waals surface area contributed by atoms with Gasteiger partial charge in [-0.25, -0.2) is 0 Å². The molecule has 0 fully saturated rings. The molecule has 0 radical (unpaired) electrons. The molecule has 0 aliphatic rings. The van der Waals surface area contributed by atoms with E-state index in [9.17, 15) is 8.78 Å². The van der Waals surface area contributed by atoms with Crippen molar-refractivity contribution in [3.63, 3.8) is 0 Å². The Kier molecular flexibility index (Phi) is 4.41. The zero-order valence-corrected chi connectivity index (χ0v) is 9.84. The Bertz CT molecular complexity index is 333. The van der Waals surface area contributed by atoms with E-state index in [1.807, 2.05) is 0 Å². The van der Waals surface area contributed by atoms with Gasteiger partial charge in [0.05, 0.1) is 10.0 Å². The van der Waals surface area contributed by atoms with E-state index in [1.165, 1.54) is 12.1 Å². The van der Waals surface area contributed by atoms with Crippen molar-refractivity contribution in [3.05, 3.63) is 27.7 Å². The summed E-state index contributed by atoms with van der Waals surface area (Å²) < 4.78 is 28.2. The van der Waals surface area contributed by atoms with Gasteiger partial charge < -0.3 is 4.74 Å². The highest BCUT2D eigenvalue weighted by Crippen LogP contribution is 2.32. The third kappa shape index (κ3) is 2.97. The van der Waals surface area contributed by atoms with Gasteiger partial charge in [-0.05, 0) is 6.07 Å². The normalized spacial score (nSPS) is 10.7. The monoisotopic (exact) mass is 304 g/mol. The molecule has 0 saturated heterocycles. The molecule has 0 bridgehead atoms. The summed E-state index contributed by atoms with van der Waals surface area (Å²) in [5, 5.41) is 0.862. The van der Waals surface area contributed by atoms with Crippen LogP contribution in [-0.2, 0) is 5.33 Å². The topological polar surface area (TPSA) is 9.23 Å². The van der Waals surface area contributed by atoms with Gasteiger partial charge in [0, 0.05) is 17.0 Å². The zero-order chi connectivity index (χ0) is 10.7. The van der Waals surface area contributed by atoms with Crippen LogP contribution in [0.15, 0.2) is 12.1 Å². The van der Waals surface area contributed by atoms with Crippen LogP contribution in [0.3, 0.4) is 0 Å². The van der Waals surface area contributed by atoms with E-state index in [1.54, 1.807) is 0 Å². The molecular formula is C8H5BrCl2F2O. The molecule has 14 heavy (non-hydrogen) atoms. The third-order valence-electron chi connectivity index (χ3n) is 1.46. The Morgan fingerprint density at radius 3 is 2.36 bits per heavy atom. The fourth-order valence-corrected chi connectivity index (χ4v) is 1.66. The lowest BCUT2D eigenvalue weighted by molar-refractivity contribution is -0.0503. The second kappa shape index (κ2) is 5.14. The van der Waals surface area contributed by atoms with Crippen LogP contribution in [0.5, 0.6) is 5.75 Å². The summed E-state index contributed by atoms with van der Waals surface area (Å²) in [6, 6.07) is 2.75. The van der Waals surface area contributed by atoms with Gasteiger partial charge in [0.2, 0.25) is 0 Å². The predicted octanol–water partition coefficient (Wildman–Crippen LogP) is 4.49.